The molecule has 1 rings (SSSR count). The molecule has 0 saturated carbocycles. The maximum absolute atomic E-state index is 11.1. The second-order valence-corrected chi connectivity index (χ2v) is 3.71. The largest absolute Gasteiger partial charge is 0.480 e. The van der Waals surface area contributed by atoms with Crippen molar-refractivity contribution in [3.63, 3.8) is 0 Å². The lowest BCUT2D eigenvalue weighted by atomic mass is 10.1. The van der Waals surface area contributed by atoms with E-state index in [1.165, 1.54) is 0 Å². The number of carbonyl (C=O) groups is 1. The molecule has 1 aromatic carbocycles. The van der Waals surface area contributed by atoms with E-state index in [1.54, 1.807) is 12.1 Å². The summed E-state index contributed by atoms with van der Waals surface area (Å²) >= 11 is 0. The zero-order valence-electron chi connectivity index (χ0n) is 9.31. The van der Waals surface area contributed by atoms with E-state index in [1.807, 2.05) is 19.1 Å². The minimum atomic E-state index is -0.901. The number of carboxylic acid groups (broad SMARTS) is 1. The van der Waals surface area contributed by atoms with Crippen LogP contribution >= 0.6 is 0 Å². The first-order valence-electron chi connectivity index (χ1n) is 5.28. The molecule has 0 bridgehead atoms. The molecular weight excluding hydrogens is 206 g/mol. The van der Waals surface area contributed by atoms with Crippen molar-refractivity contribution in [1.29, 1.82) is 0 Å². The fraction of sp³-hybridized carbons (Fsp3) is 0.417. The first-order valence-corrected chi connectivity index (χ1v) is 5.28. The zero-order valence-corrected chi connectivity index (χ0v) is 9.31. The maximum Gasteiger partial charge on any atom is 0.325 e. The Morgan fingerprint density at radius 1 is 1.38 bits per heavy atom. The molecule has 0 heterocycles. The summed E-state index contributed by atoms with van der Waals surface area (Å²) in [5.41, 5.74) is 1.83. The van der Waals surface area contributed by atoms with E-state index in [9.17, 15) is 4.79 Å². The minimum absolute atomic E-state index is 0.0627. The quantitative estimate of drug-likeness (QED) is 0.631. The van der Waals surface area contributed by atoms with E-state index in [0.29, 0.717) is 13.0 Å². The Bertz CT molecular complexity index is 335. The third-order valence-corrected chi connectivity index (χ3v) is 2.34. The molecule has 3 N–H and O–H groups in total. The van der Waals surface area contributed by atoms with Gasteiger partial charge in [0.15, 0.2) is 0 Å². The molecular formula is C12H17NO3. The summed E-state index contributed by atoms with van der Waals surface area (Å²) in [7, 11) is 0. The van der Waals surface area contributed by atoms with Crippen molar-refractivity contribution in [3.8, 4) is 0 Å². The van der Waals surface area contributed by atoms with Crippen LogP contribution in [-0.4, -0.2) is 29.3 Å². The molecule has 0 spiro atoms. The van der Waals surface area contributed by atoms with Crippen LogP contribution in [0.2, 0.25) is 0 Å². The molecule has 1 unspecified atom stereocenters. The molecule has 4 heteroatoms. The molecule has 0 amide bonds. The Balaban J connectivity index is 2.69. The highest BCUT2D eigenvalue weighted by Crippen LogP contribution is 2.14. The number of hydrogen-bond acceptors (Lipinski definition) is 3. The van der Waals surface area contributed by atoms with Gasteiger partial charge in [0.1, 0.15) is 6.04 Å². The Hall–Kier alpha value is -1.39. The van der Waals surface area contributed by atoms with Crippen molar-refractivity contribution < 1.29 is 15.0 Å². The molecule has 0 radical (unpaired) electrons. The average Bonchev–Trinajstić information content (AvgIpc) is 2.26. The number of nitrogens with one attached hydrogen (secondary N) is 1. The lowest BCUT2D eigenvalue weighted by molar-refractivity contribution is -0.139. The van der Waals surface area contributed by atoms with Gasteiger partial charge in [-0.3, -0.25) is 4.79 Å². The number of rotatable bonds is 6. The van der Waals surface area contributed by atoms with Gasteiger partial charge in [0.05, 0.1) is 0 Å². The van der Waals surface area contributed by atoms with Crippen molar-refractivity contribution in [2.75, 3.05) is 13.2 Å². The highest BCUT2D eigenvalue weighted by molar-refractivity contribution is 5.75. The molecule has 4 nitrogen and oxygen atoms in total. The van der Waals surface area contributed by atoms with Crippen molar-refractivity contribution in [1.82, 2.24) is 5.32 Å². The van der Waals surface area contributed by atoms with Crippen molar-refractivity contribution in [2.45, 2.75) is 19.4 Å². The monoisotopic (exact) mass is 223 g/mol. The van der Waals surface area contributed by atoms with E-state index >= 15 is 0 Å². The molecule has 0 aliphatic heterocycles. The number of benzene rings is 1. The predicted octanol–water partition coefficient (Wildman–Crippen LogP) is 1.09. The average molecular weight is 223 g/mol. The first kappa shape index (κ1) is 12.7. The number of aliphatic hydroxyl groups is 1. The van der Waals surface area contributed by atoms with E-state index in [-0.39, 0.29) is 6.61 Å². The van der Waals surface area contributed by atoms with Gasteiger partial charge < -0.3 is 15.5 Å². The Morgan fingerprint density at radius 2 is 2.00 bits per heavy atom. The molecule has 0 aliphatic carbocycles. The molecule has 0 fully saturated rings. The van der Waals surface area contributed by atoms with Crippen LogP contribution < -0.4 is 5.32 Å². The van der Waals surface area contributed by atoms with Crippen LogP contribution in [-0.2, 0) is 4.79 Å². The van der Waals surface area contributed by atoms with Gasteiger partial charge in [-0.05, 0) is 25.5 Å². The molecule has 1 atom stereocenters. The summed E-state index contributed by atoms with van der Waals surface area (Å²) in [6.45, 7) is 2.51. The Kier molecular flexibility index (Phi) is 4.95. The minimum Gasteiger partial charge on any atom is -0.480 e. The molecule has 16 heavy (non-hydrogen) atoms. The Morgan fingerprint density at radius 3 is 2.50 bits per heavy atom. The van der Waals surface area contributed by atoms with Crippen LogP contribution in [0.4, 0.5) is 0 Å². The number of carboxylic acids is 1. The number of aliphatic hydroxyl groups excluding tert-OH is 1. The normalized spacial score (nSPS) is 12.4. The van der Waals surface area contributed by atoms with Gasteiger partial charge in [-0.15, -0.1) is 0 Å². The van der Waals surface area contributed by atoms with Crippen LogP contribution in [0, 0.1) is 6.92 Å². The van der Waals surface area contributed by atoms with Crippen LogP contribution in [0.25, 0.3) is 0 Å². The van der Waals surface area contributed by atoms with Crippen molar-refractivity contribution in [3.05, 3.63) is 35.4 Å². The summed E-state index contributed by atoms with van der Waals surface area (Å²) in [6.07, 6.45) is 0.551. The molecule has 0 aliphatic rings. The summed E-state index contributed by atoms with van der Waals surface area (Å²) < 4.78 is 0. The predicted molar refractivity (Wildman–Crippen MR) is 61.3 cm³/mol. The van der Waals surface area contributed by atoms with E-state index < -0.39 is 12.0 Å². The first-order chi connectivity index (χ1) is 7.65. The van der Waals surface area contributed by atoms with Gasteiger partial charge in [0.2, 0.25) is 0 Å². The van der Waals surface area contributed by atoms with E-state index in [2.05, 4.69) is 5.32 Å². The third kappa shape index (κ3) is 3.64. The summed E-state index contributed by atoms with van der Waals surface area (Å²) in [4.78, 5) is 11.1. The number of aliphatic carboxylic acids is 1. The SMILES string of the molecule is Cc1ccc(C(NCCCO)C(=O)O)cc1. The Labute approximate surface area is 94.9 Å². The van der Waals surface area contributed by atoms with Crippen LogP contribution in [0.1, 0.15) is 23.6 Å². The molecule has 0 aromatic heterocycles. The second kappa shape index (κ2) is 6.25. The van der Waals surface area contributed by atoms with E-state index in [4.69, 9.17) is 10.2 Å². The van der Waals surface area contributed by atoms with Crippen molar-refractivity contribution in [2.24, 2.45) is 0 Å². The van der Waals surface area contributed by atoms with Gasteiger partial charge >= 0.3 is 5.97 Å². The maximum atomic E-state index is 11.1. The van der Waals surface area contributed by atoms with Gasteiger partial charge in [0.25, 0.3) is 0 Å². The second-order valence-electron chi connectivity index (χ2n) is 3.71. The van der Waals surface area contributed by atoms with Crippen LogP contribution in [0.15, 0.2) is 24.3 Å². The van der Waals surface area contributed by atoms with Crippen LogP contribution in [0.5, 0.6) is 0 Å². The lowest BCUT2D eigenvalue weighted by Crippen LogP contribution is -2.29. The fourth-order valence-corrected chi connectivity index (χ4v) is 1.43. The molecule has 1 aromatic rings. The number of hydrogen-bond donors (Lipinski definition) is 3. The number of aryl methyl sites for hydroxylation is 1. The van der Waals surface area contributed by atoms with Gasteiger partial charge in [0, 0.05) is 6.61 Å². The topological polar surface area (TPSA) is 69.6 Å². The van der Waals surface area contributed by atoms with Gasteiger partial charge in [-0.1, -0.05) is 29.8 Å². The summed E-state index contributed by atoms with van der Waals surface area (Å²) in [6, 6.07) is 6.69. The highest BCUT2D eigenvalue weighted by atomic mass is 16.4. The lowest BCUT2D eigenvalue weighted by Gasteiger charge is -2.14. The van der Waals surface area contributed by atoms with Gasteiger partial charge in [-0.2, -0.15) is 0 Å². The van der Waals surface area contributed by atoms with Crippen LogP contribution in [0.3, 0.4) is 0 Å². The van der Waals surface area contributed by atoms with Gasteiger partial charge in [-0.25, -0.2) is 0 Å². The zero-order chi connectivity index (χ0) is 12.0. The van der Waals surface area contributed by atoms with E-state index in [0.717, 1.165) is 11.1 Å². The smallest absolute Gasteiger partial charge is 0.325 e. The standard InChI is InChI=1S/C12H17NO3/c1-9-3-5-10(6-4-9)11(12(15)16)13-7-2-8-14/h3-6,11,13-14H,2,7-8H2,1H3,(H,15,16). The summed E-state index contributed by atoms with van der Waals surface area (Å²) in [5.74, 6) is -0.901. The molecule has 0 saturated heterocycles. The third-order valence-electron chi connectivity index (χ3n) is 2.34. The molecule has 88 valence electrons. The highest BCUT2D eigenvalue weighted by Gasteiger charge is 2.18. The fourth-order valence-electron chi connectivity index (χ4n) is 1.43. The summed E-state index contributed by atoms with van der Waals surface area (Å²) in [5, 5.41) is 20.6. The van der Waals surface area contributed by atoms with Crippen molar-refractivity contribution >= 4 is 5.97 Å².